The van der Waals surface area contributed by atoms with Crippen LogP contribution in [0.3, 0.4) is 0 Å². The van der Waals surface area contributed by atoms with Crippen molar-refractivity contribution in [1.29, 1.82) is 0 Å². The van der Waals surface area contributed by atoms with Crippen LogP contribution in [0.15, 0.2) is 88.7 Å². The third-order valence-electron chi connectivity index (χ3n) is 8.07. The van der Waals surface area contributed by atoms with Crippen molar-refractivity contribution in [2.75, 3.05) is 29.4 Å². The Hall–Kier alpha value is -4.95. The zero-order chi connectivity index (χ0) is 35.0. The lowest BCUT2D eigenvalue weighted by molar-refractivity contribution is -0.135. The Morgan fingerprint density at radius 3 is 2.23 bits per heavy atom. The van der Waals surface area contributed by atoms with E-state index in [1.165, 1.54) is 13.2 Å². The van der Waals surface area contributed by atoms with Crippen LogP contribution in [0, 0.1) is 26.6 Å². The fraction of sp³-hybridized carbons (Fsp3) is 0.235. The molecule has 1 aliphatic heterocycles. The summed E-state index contributed by atoms with van der Waals surface area (Å²) in [6.45, 7) is 4.44. The van der Waals surface area contributed by atoms with Crippen molar-refractivity contribution in [1.82, 2.24) is 4.72 Å². The van der Waals surface area contributed by atoms with Gasteiger partial charge in [0, 0.05) is 17.8 Å². The van der Waals surface area contributed by atoms with Crippen LogP contribution in [-0.2, 0) is 36.1 Å². The predicted octanol–water partition coefficient (Wildman–Crippen LogP) is 4.65. The van der Waals surface area contributed by atoms with Gasteiger partial charge in [-0.1, -0.05) is 35.9 Å². The highest BCUT2D eigenvalue weighted by Crippen LogP contribution is 2.42. The van der Waals surface area contributed by atoms with E-state index in [1.807, 2.05) is 6.92 Å². The van der Waals surface area contributed by atoms with Crippen LogP contribution < -0.4 is 18.7 Å². The number of benzene rings is 4. The molecule has 0 spiro atoms. The molecule has 252 valence electrons. The van der Waals surface area contributed by atoms with Crippen LogP contribution in [0.4, 0.5) is 15.8 Å². The van der Waals surface area contributed by atoms with Gasteiger partial charge in [0.2, 0.25) is 0 Å². The maximum atomic E-state index is 14.2. The first kappa shape index (κ1) is 34.4. The van der Waals surface area contributed by atoms with E-state index in [2.05, 4.69) is 4.72 Å². The topological polar surface area (TPSA) is 150 Å². The molecule has 0 saturated heterocycles. The molecule has 5 rings (SSSR count). The average molecular weight is 696 g/mol. The van der Waals surface area contributed by atoms with Gasteiger partial charge in [0.25, 0.3) is 26.0 Å². The van der Waals surface area contributed by atoms with E-state index in [0.717, 1.165) is 34.1 Å². The number of nitrogens with zero attached hydrogens (tertiary/aromatic N) is 2. The summed E-state index contributed by atoms with van der Waals surface area (Å²) >= 11 is 0. The smallest absolute Gasteiger partial charge is 0.324 e. The number of halogens is 1. The second kappa shape index (κ2) is 13.3. The summed E-state index contributed by atoms with van der Waals surface area (Å²) in [7, 11) is -7.37. The minimum atomic E-state index is -4.43. The van der Waals surface area contributed by atoms with E-state index in [0.29, 0.717) is 33.7 Å². The van der Waals surface area contributed by atoms with E-state index in [1.54, 1.807) is 67.3 Å². The van der Waals surface area contributed by atoms with Crippen molar-refractivity contribution in [2.45, 2.75) is 43.0 Å². The number of aliphatic carboxylic acids is 1. The van der Waals surface area contributed by atoms with Crippen LogP contribution in [0.25, 0.3) is 0 Å². The molecular weight excluding hydrogens is 662 g/mol. The lowest BCUT2D eigenvalue weighted by Crippen LogP contribution is -2.42. The standard InChI is InChI=1S/C34H34FN3O8S2/c1-21-17-22(2)33(23(3)18-21)48(44,45)38(20-31(39)40)30-10-6-9-29-28(30)15-16-37(29)32(24-7-5-8-26(19-24)46-4)34(41)36-47(42,43)27-13-11-25(35)12-14-27/h5-14,17-19,32H,15-16,20H2,1-4H3,(H,36,41)(H,39,40). The van der Waals surface area contributed by atoms with Gasteiger partial charge in [0.1, 0.15) is 24.2 Å². The number of methoxy groups -OCH3 is 1. The SMILES string of the molecule is COc1cccc(C(C(=O)NS(=O)(=O)c2ccc(F)cc2)N2CCc3c2cccc3N(CC(=O)O)S(=O)(=O)c2c(C)cc(C)cc2C)c1. The molecule has 1 atom stereocenters. The molecule has 1 aliphatic rings. The number of carbonyl (C=O) groups is 2. The highest BCUT2D eigenvalue weighted by molar-refractivity contribution is 7.93. The summed E-state index contributed by atoms with van der Waals surface area (Å²) in [5, 5.41) is 9.86. The van der Waals surface area contributed by atoms with Gasteiger partial charge < -0.3 is 14.7 Å². The molecule has 0 radical (unpaired) electrons. The van der Waals surface area contributed by atoms with E-state index in [-0.39, 0.29) is 28.4 Å². The van der Waals surface area contributed by atoms with E-state index >= 15 is 0 Å². The number of carbonyl (C=O) groups excluding carboxylic acids is 1. The molecule has 48 heavy (non-hydrogen) atoms. The minimum absolute atomic E-state index is 0.00133. The van der Waals surface area contributed by atoms with Crippen LogP contribution in [-0.4, -0.2) is 54.0 Å². The number of carboxylic acids is 1. The summed E-state index contributed by atoms with van der Waals surface area (Å²) in [6.07, 6.45) is 0.210. The Bertz CT molecular complexity index is 2100. The van der Waals surface area contributed by atoms with Gasteiger partial charge >= 0.3 is 5.97 Å². The molecule has 14 heteroatoms. The van der Waals surface area contributed by atoms with Gasteiger partial charge in [-0.2, -0.15) is 0 Å². The van der Waals surface area contributed by atoms with E-state index in [9.17, 15) is 35.9 Å². The Labute approximate surface area is 278 Å². The second-order valence-corrected chi connectivity index (χ2v) is 14.9. The van der Waals surface area contributed by atoms with Crippen molar-refractivity contribution in [3.05, 3.63) is 112 Å². The van der Waals surface area contributed by atoms with E-state index < -0.39 is 50.3 Å². The van der Waals surface area contributed by atoms with Gasteiger partial charge in [0.05, 0.1) is 22.6 Å². The van der Waals surface area contributed by atoms with Crippen LogP contribution >= 0.6 is 0 Å². The number of nitrogens with one attached hydrogen (secondary N) is 1. The molecule has 0 fully saturated rings. The Morgan fingerprint density at radius 1 is 0.958 bits per heavy atom. The molecular formula is C34H34FN3O8S2. The molecule has 1 heterocycles. The van der Waals surface area contributed by atoms with Crippen molar-refractivity contribution >= 4 is 43.3 Å². The van der Waals surface area contributed by atoms with Crippen molar-refractivity contribution in [3.63, 3.8) is 0 Å². The Balaban J connectivity index is 1.62. The minimum Gasteiger partial charge on any atom is -0.497 e. The number of ether oxygens (including phenoxy) is 1. The molecule has 4 aromatic rings. The molecule has 0 saturated carbocycles. The third-order valence-corrected chi connectivity index (χ3v) is 11.5. The summed E-state index contributed by atoms with van der Waals surface area (Å²) in [5.41, 5.74) is 3.17. The van der Waals surface area contributed by atoms with Gasteiger partial charge in [-0.3, -0.25) is 13.9 Å². The molecule has 1 unspecified atom stereocenters. The summed E-state index contributed by atoms with van der Waals surface area (Å²) in [6, 6.07) is 17.4. The van der Waals surface area contributed by atoms with Gasteiger partial charge in [-0.15, -0.1) is 0 Å². The summed E-state index contributed by atoms with van der Waals surface area (Å²) < 4.78 is 76.7. The molecule has 2 N–H and O–H groups in total. The summed E-state index contributed by atoms with van der Waals surface area (Å²) in [4.78, 5) is 27.4. The molecule has 1 amide bonds. The lowest BCUT2D eigenvalue weighted by atomic mass is 10.0. The maximum absolute atomic E-state index is 14.2. The number of sulfonamides is 2. The summed E-state index contributed by atoms with van der Waals surface area (Å²) in [5.74, 6) is -2.53. The van der Waals surface area contributed by atoms with Crippen LogP contribution in [0.1, 0.15) is 33.9 Å². The molecule has 11 nitrogen and oxygen atoms in total. The van der Waals surface area contributed by atoms with Gasteiger partial charge in [-0.25, -0.2) is 25.9 Å². The third kappa shape index (κ3) is 6.71. The monoisotopic (exact) mass is 695 g/mol. The number of rotatable bonds is 11. The zero-order valence-corrected chi connectivity index (χ0v) is 28.2. The average Bonchev–Trinajstić information content (AvgIpc) is 3.43. The van der Waals surface area contributed by atoms with Gasteiger partial charge in [-0.05, 0) is 92.4 Å². The van der Waals surface area contributed by atoms with Crippen molar-refractivity contribution in [2.24, 2.45) is 0 Å². The number of anilines is 2. The zero-order valence-electron chi connectivity index (χ0n) is 26.6. The first-order chi connectivity index (χ1) is 22.6. The lowest BCUT2D eigenvalue weighted by Gasteiger charge is -2.31. The number of carboxylic acid groups (broad SMARTS) is 1. The maximum Gasteiger partial charge on any atom is 0.324 e. The van der Waals surface area contributed by atoms with Crippen LogP contribution in [0.2, 0.25) is 0 Å². The fourth-order valence-electron chi connectivity index (χ4n) is 6.19. The predicted molar refractivity (Wildman–Crippen MR) is 178 cm³/mol. The number of fused-ring (bicyclic) bond motifs is 1. The normalized spacial score (nSPS) is 13.5. The molecule has 4 aromatic carbocycles. The highest BCUT2D eigenvalue weighted by Gasteiger charge is 2.38. The molecule has 0 aliphatic carbocycles. The Morgan fingerprint density at radius 2 is 1.60 bits per heavy atom. The Kier molecular flexibility index (Phi) is 9.51. The van der Waals surface area contributed by atoms with Crippen LogP contribution in [0.5, 0.6) is 5.75 Å². The number of aryl methyl sites for hydroxylation is 3. The second-order valence-electron chi connectivity index (χ2n) is 11.5. The van der Waals surface area contributed by atoms with Gasteiger partial charge in [0.15, 0.2) is 0 Å². The largest absolute Gasteiger partial charge is 0.497 e. The van der Waals surface area contributed by atoms with Crippen molar-refractivity contribution in [3.8, 4) is 5.75 Å². The van der Waals surface area contributed by atoms with Crippen molar-refractivity contribution < 1.29 is 40.7 Å². The fourth-order valence-corrected chi connectivity index (χ4v) is 9.05. The number of amides is 1. The number of hydrogen-bond acceptors (Lipinski definition) is 8. The van der Waals surface area contributed by atoms with E-state index in [4.69, 9.17) is 4.74 Å². The first-order valence-corrected chi connectivity index (χ1v) is 17.7. The quantitative estimate of drug-likeness (QED) is 0.229. The number of hydrogen-bond donors (Lipinski definition) is 2. The molecule has 0 aromatic heterocycles. The highest BCUT2D eigenvalue weighted by atomic mass is 32.2. The molecule has 0 bridgehead atoms. The first-order valence-electron chi connectivity index (χ1n) is 14.8.